The number of para-hydroxylation sites is 2. The Morgan fingerprint density at radius 1 is 1.21 bits per heavy atom. The van der Waals surface area contributed by atoms with Gasteiger partial charge in [0.05, 0.1) is 17.6 Å². The first-order chi connectivity index (χ1) is 11.7. The molecule has 0 aromatic heterocycles. The van der Waals surface area contributed by atoms with Gasteiger partial charge in [-0.1, -0.05) is 36.4 Å². The lowest BCUT2D eigenvalue weighted by Gasteiger charge is -2.36. The minimum absolute atomic E-state index is 0.0276. The van der Waals surface area contributed by atoms with Crippen LogP contribution >= 0.6 is 0 Å². The average molecular weight is 328 g/mol. The number of nitro benzene ring substituents is 1. The maximum Gasteiger partial charge on any atom is 0.310 e. The van der Waals surface area contributed by atoms with Crippen LogP contribution in [0.25, 0.3) is 0 Å². The number of aliphatic hydroxyl groups excluding tert-OH is 1. The summed E-state index contributed by atoms with van der Waals surface area (Å²) in [5.41, 5.74) is 2.39. The van der Waals surface area contributed by atoms with E-state index in [1.165, 1.54) is 11.6 Å². The van der Waals surface area contributed by atoms with Crippen molar-refractivity contribution in [2.75, 3.05) is 26.3 Å². The van der Waals surface area contributed by atoms with Crippen LogP contribution in [-0.4, -0.2) is 41.2 Å². The van der Waals surface area contributed by atoms with E-state index in [1.807, 2.05) is 18.2 Å². The maximum atomic E-state index is 11.0. The monoisotopic (exact) mass is 328 g/mol. The fourth-order valence-corrected chi connectivity index (χ4v) is 3.19. The first-order valence-corrected chi connectivity index (χ1v) is 7.99. The molecule has 1 aliphatic rings. The Hall–Kier alpha value is -2.44. The van der Waals surface area contributed by atoms with E-state index < -0.39 is 4.92 Å². The zero-order chi connectivity index (χ0) is 16.9. The zero-order valence-electron chi connectivity index (χ0n) is 13.3. The molecule has 0 saturated carbocycles. The van der Waals surface area contributed by atoms with Crippen molar-refractivity contribution in [1.82, 2.24) is 4.90 Å². The second-order valence-electron chi connectivity index (χ2n) is 5.76. The van der Waals surface area contributed by atoms with E-state index >= 15 is 0 Å². The van der Waals surface area contributed by atoms with E-state index in [0.717, 1.165) is 18.5 Å². The van der Waals surface area contributed by atoms with Gasteiger partial charge in [-0.2, -0.15) is 0 Å². The number of fused-ring (bicyclic) bond motifs is 1. The van der Waals surface area contributed by atoms with Crippen molar-refractivity contribution < 1.29 is 14.8 Å². The van der Waals surface area contributed by atoms with Gasteiger partial charge in [0.15, 0.2) is 5.75 Å². The molecule has 6 nitrogen and oxygen atoms in total. The first kappa shape index (κ1) is 16.4. The largest absolute Gasteiger partial charge is 0.485 e. The van der Waals surface area contributed by atoms with Gasteiger partial charge in [-0.05, 0) is 23.6 Å². The van der Waals surface area contributed by atoms with Gasteiger partial charge in [-0.3, -0.25) is 15.0 Å². The summed E-state index contributed by atoms with van der Waals surface area (Å²) in [5, 5.41) is 20.8. The molecule has 0 bridgehead atoms. The van der Waals surface area contributed by atoms with Crippen LogP contribution in [0.5, 0.6) is 5.75 Å². The number of hydrogen-bond donors (Lipinski definition) is 1. The van der Waals surface area contributed by atoms with E-state index in [9.17, 15) is 15.2 Å². The molecule has 1 heterocycles. The quantitative estimate of drug-likeness (QED) is 0.651. The molecule has 3 rings (SSSR count). The van der Waals surface area contributed by atoms with Crippen molar-refractivity contribution in [2.45, 2.75) is 12.5 Å². The Morgan fingerprint density at radius 3 is 2.75 bits per heavy atom. The Morgan fingerprint density at radius 2 is 1.96 bits per heavy atom. The molecule has 24 heavy (non-hydrogen) atoms. The molecule has 0 aliphatic carbocycles. The summed E-state index contributed by atoms with van der Waals surface area (Å²) >= 11 is 0. The van der Waals surface area contributed by atoms with Crippen LogP contribution in [0.15, 0.2) is 48.5 Å². The Balaban J connectivity index is 1.64. The first-order valence-electron chi connectivity index (χ1n) is 7.99. The number of aliphatic hydroxyl groups is 1. The van der Waals surface area contributed by atoms with Gasteiger partial charge in [0.1, 0.15) is 6.61 Å². The number of hydrogen-bond acceptors (Lipinski definition) is 5. The number of ether oxygens (including phenoxy) is 1. The van der Waals surface area contributed by atoms with Crippen molar-refractivity contribution in [3.05, 3.63) is 69.8 Å². The molecular formula is C18H20N2O4. The van der Waals surface area contributed by atoms with Crippen LogP contribution in [-0.2, 0) is 6.42 Å². The van der Waals surface area contributed by atoms with E-state index in [4.69, 9.17) is 4.74 Å². The van der Waals surface area contributed by atoms with E-state index in [-0.39, 0.29) is 24.1 Å². The van der Waals surface area contributed by atoms with Crippen LogP contribution in [0.3, 0.4) is 0 Å². The molecule has 0 amide bonds. The van der Waals surface area contributed by atoms with Gasteiger partial charge < -0.3 is 9.84 Å². The minimum atomic E-state index is -0.441. The molecule has 1 aliphatic heterocycles. The van der Waals surface area contributed by atoms with E-state index in [1.54, 1.807) is 18.2 Å². The molecule has 1 unspecified atom stereocenters. The molecule has 1 atom stereocenters. The summed E-state index contributed by atoms with van der Waals surface area (Å²) in [6.07, 6.45) is 0.929. The molecule has 0 fully saturated rings. The number of nitrogens with zero attached hydrogens (tertiary/aromatic N) is 2. The highest BCUT2D eigenvalue weighted by atomic mass is 16.6. The number of nitro groups is 1. The van der Waals surface area contributed by atoms with Crippen molar-refractivity contribution >= 4 is 5.69 Å². The SMILES string of the molecule is O=[N+]([O-])c1ccccc1OCCN1CCc2ccccc2C1CO. The van der Waals surface area contributed by atoms with Gasteiger partial charge >= 0.3 is 5.69 Å². The van der Waals surface area contributed by atoms with Crippen LogP contribution < -0.4 is 4.74 Å². The molecule has 0 saturated heterocycles. The second-order valence-corrected chi connectivity index (χ2v) is 5.76. The highest BCUT2D eigenvalue weighted by molar-refractivity contribution is 5.45. The summed E-state index contributed by atoms with van der Waals surface area (Å²) in [4.78, 5) is 12.7. The summed E-state index contributed by atoms with van der Waals surface area (Å²) in [6.45, 7) is 1.82. The van der Waals surface area contributed by atoms with Gasteiger partial charge in [-0.25, -0.2) is 0 Å². The lowest BCUT2D eigenvalue weighted by molar-refractivity contribution is -0.385. The van der Waals surface area contributed by atoms with Crippen LogP contribution in [0, 0.1) is 10.1 Å². The van der Waals surface area contributed by atoms with Gasteiger partial charge in [-0.15, -0.1) is 0 Å². The predicted octanol–water partition coefficient (Wildman–Crippen LogP) is 2.57. The zero-order valence-corrected chi connectivity index (χ0v) is 13.3. The summed E-state index contributed by atoms with van der Waals surface area (Å²) in [5.74, 6) is 0.278. The highest BCUT2D eigenvalue weighted by Crippen LogP contribution is 2.29. The number of benzene rings is 2. The topological polar surface area (TPSA) is 75.8 Å². The molecule has 2 aromatic rings. The molecule has 126 valence electrons. The smallest absolute Gasteiger partial charge is 0.310 e. The highest BCUT2D eigenvalue weighted by Gasteiger charge is 2.26. The summed E-state index contributed by atoms with van der Waals surface area (Å²) in [7, 11) is 0. The standard InChI is InChI=1S/C18H20N2O4/c21-13-17-15-6-2-1-5-14(15)9-10-19(17)11-12-24-18-8-4-3-7-16(18)20(22)23/h1-8,17,21H,9-13H2. The van der Waals surface area contributed by atoms with Crippen molar-refractivity contribution in [3.8, 4) is 5.75 Å². The van der Waals surface area contributed by atoms with Gasteiger partial charge in [0.25, 0.3) is 0 Å². The Bertz CT molecular complexity index is 720. The van der Waals surface area contributed by atoms with E-state index in [0.29, 0.717) is 13.2 Å². The fourth-order valence-electron chi connectivity index (χ4n) is 3.19. The Kier molecular flexibility index (Phi) is 5.08. The van der Waals surface area contributed by atoms with Crippen LogP contribution in [0.2, 0.25) is 0 Å². The van der Waals surface area contributed by atoms with Crippen molar-refractivity contribution in [2.24, 2.45) is 0 Å². The molecule has 0 radical (unpaired) electrons. The van der Waals surface area contributed by atoms with Gasteiger partial charge in [0, 0.05) is 19.2 Å². The lowest BCUT2D eigenvalue weighted by atomic mass is 9.93. The molecule has 6 heteroatoms. The summed E-state index contributed by atoms with van der Waals surface area (Å²) < 4.78 is 5.62. The summed E-state index contributed by atoms with van der Waals surface area (Å²) in [6, 6.07) is 14.5. The Labute approximate surface area is 140 Å². The van der Waals surface area contributed by atoms with E-state index in [2.05, 4.69) is 11.0 Å². The third-order valence-electron chi connectivity index (χ3n) is 4.39. The van der Waals surface area contributed by atoms with Crippen LogP contribution in [0.1, 0.15) is 17.2 Å². The average Bonchev–Trinajstić information content (AvgIpc) is 2.61. The normalized spacial score (nSPS) is 17.3. The fraction of sp³-hybridized carbons (Fsp3) is 0.333. The number of rotatable bonds is 6. The molecule has 1 N–H and O–H groups in total. The van der Waals surface area contributed by atoms with Gasteiger partial charge in [0.2, 0.25) is 0 Å². The van der Waals surface area contributed by atoms with Crippen molar-refractivity contribution in [3.63, 3.8) is 0 Å². The van der Waals surface area contributed by atoms with Crippen molar-refractivity contribution in [1.29, 1.82) is 0 Å². The molecule has 0 spiro atoms. The molecular weight excluding hydrogens is 308 g/mol. The predicted molar refractivity (Wildman–Crippen MR) is 90.1 cm³/mol. The third-order valence-corrected chi connectivity index (χ3v) is 4.39. The third kappa shape index (κ3) is 3.39. The molecule has 2 aromatic carbocycles. The second kappa shape index (κ2) is 7.42. The maximum absolute atomic E-state index is 11.0. The minimum Gasteiger partial charge on any atom is -0.485 e. The van der Waals surface area contributed by atoms with Crippen LogP contribution in [0.4, 0.5) is 5.69 Å². The lowest BCUT2D eigenvalue weighted by Crippen LogP contribution is -2.39.